The Balaban J connectivity index is 3.32. The van der Waals surface area contributed by atoms with E-state index in [0.717, 1.165) is 0 Å². The van der Waals surface area contributed by atoms with Gasteiger partial charge in [0.2, 0.25) is 0 Å². The van der Waals surface area contributed by atoms with Crippen LogP contribution in [0, 0.1) is 11.3 Å². The fraction of sp³-hybridized carbons (Fsp3) is 0.167. The second kappa shape index (κ2) is 5.56. The molecule has 1 aromatic rings. The predicted octanol–water partition coefficient (Wildman–Crippen LogP) is 2.05. The maximum absolute atomic E-state index is 10.8. The normalized spacial score (nSPS) is 9.81. The highest BCUT2D eigenvalue weighted by Crippen LogP contribution is 2.30. The molecule has 1 rings (SSSR count). The molecule has 82 valence electrons. The minimum absolute atomic E-state index is 0.448. The van der Waals surface area contributed by atoms with Gasteiger partial charge in [-0.1, -0.05) is 0 Å². The van der Waals surface area contributed by atoms with Crippen molar-refractivity contribution in [3.8, 4) is 17.6 Å². The third-order valence-corrected chi connectivity index (χ3v) is 2.05. The standard InChI is InChI=1S/C12H11NO3/c1-15-11-6-9(4-3-5-13)10(8-14)7-12(11)16-2/h3-4,6-8H,1-2H3/b4-3+. The zero-order chi connectivity index (χ0) is 12.0. The summed E-state index contributed by atoms with van der Waals surface area (Å²) in [5, 5.41) is 8.44. The van der Waals surface area contributed by atoms with Crippen molar-refractivity contribution in [2.75, 3.05) is 14.2 Å². The van der Waals surface area contributed by atoms with Crippen molar-refractivity contribution in [3.05, 3.63) is 29.3 Å². The molecule has 0 heterocycles. The SMILES string of the molecule is COc1cc(C=O)c(/C=C/C#N)cc1OC. The fourth-order valence-electron chi connectivity index (χ4n) is 1.28. The van der Waals surface area contributed by atoms with Gasteiger partial charge in [-0.15, -0.1) is 0 Å². The van der Waals surface area contributed by atoms with Crippen molar-refractivity contribution in [2.45, 2.75) is 0 Å². The van der Waals surface area contributed by atoms with Gasteiger partial charge in [0.25, 0.3) is 0 Å². The number of methoxy groups -OCH3 is 2. The third-order valence-electron chi connectivity index (χ3n) is 2.05. The van der Waals surface area contributed by atoms with Crippen molar-refractivity contribution in [1.82, 2.24) is 0 Å². The molecule has 0 spiro atoms. The minimum atomic E-state index is 0.448. The van der Waals surface area contributed by atoms with Gasteiger partial charge < -0.3 is 9.47 Å². The van der Waals surface area contributed by atoms with Gasteiger partial charge in [-0.3, -0.25) is 4.79 Å². The number of ether oxygens (including phenoxy) is 2. The first kappa shape index (κ1) is 11.8. The van der Waals surface area contributed by atoms with Crippen LogP contribution in [0.25, 0.3) is 6.08 Å². The monoisotopic (exact) mass is 217 g/mol. The molecule has 16 heavy (non-hydrogen) atoms. The Morgan fingerprint density at radius 3 is 2.19 bits per heavy atom. The van der Waals surface area contributed by atoms with Crippen molar-refractivity contribution in [1.29, 1.82) is 5.26 Å². The predicted molar refractivity (Wildman–Crippen MR) is 59.6 cm³/mol. The molecule has 0 fully saturated rings. The summed E-state index contributed by atoms with van der Waals surface area (Å²) in [6.45, 7) is 0. The summed E-state index contributed by atoms with van der Waals surface area (Å²) in [4.78, 5) is 10.8. The van der Waals surface area contributed by atoms with Crippen LogP contribution in [-0.4, -0.2) is 20.5 Å². The van der Waals surface area contributed by atoms with Crippen molar-refractivity contribution in [2.24, 2.45) is 0 Å². The van der Waals surface area contributed by atoms with E-state index in [4.69, 9.17) is 14.7 Å². The molecule has 0 aliphatic rings. The van der Waals surface area contributed by atoms with E-state index in [0.29, 0.717) is 28.9 Å². The first-order chi connectivity index (χ1) is 7.76. The van der Waals surface area contributed by atoms with Crippen molar-refractivity contribution in [3.63, 3.8) is 0 Å². The van der Waals surface area contributed by atoms with Crippen LogP contribution in [0.2, 0.25) is 0 Å². The Hall–Kier alpha value is -2.28. The average Bonchev–Trinajstić information content (AvgIpc) is 2.35. The lowest BCUT2D eigenvalue weighted by atomic mass is 10.1. The number of nitrogens with zero attached hydrogens (tertiary/aromatic N) is 1. The molecule has 0 aliphatic heterocycles. The number of benzene rings is 1. The van der Waals surface area contributed by atoms with Crippen molar-refractivity contribution >= 4 is 12.4 Å². The summed E-state index contributed by atoms with van der Waals surface area (Å²) in [6.07, 6.45) is 3.55. The lowest BCUT2D eigenvalue weighted by Crippen LogP contribution is -1.94. The lowest BCUT2D eigenvalue weighted by Gasteiger charge is -2.09. The molecule has 4 heteroatoms. The second-order valence-electron chi connectivity index (χ2n) is 2.92. The number of rotatable bonds is 4. The molecular weight excluding hydrogens is 206 g/mol. The van der Waals surface area contributed by atoms with Crippen LogP contribution in [0.1, 0.15) is 15.9 Å². The summed E-state index contributed by atoms with van der Waals surface area (Å²) < 4.78 is 10.2. The van der Waals surface area contributed by atoms with Gasteiger partial charge in [0, 0.05) is 11.6 Å². The number of carbonyl (C=O) groups excluding carboxylic acids is 1. The average molecular weight is 217 g/mol. The van der Waals surface area contributed by atoms with Gasteiger partial charge in [-0.25, -0.2) is 0 Å². The molecule has 0 atom stereocenters. The van der Waals surface area contributed by atoms with Gasteiger partial charge in [-0.2, -0.15) is 5.26 Å². The summed E-state index contributed by atoms with van der Waals surface area (Å²) in [5.41, 5.74) is 1.07. The van der Waals surface area contributed by atoms with E-state index in [9.17, 15) is 4.79 Å². The van der Waals surface area contributed by atoms with Gasteiger partial charge in [0.15, 0.2) is 17.8 Å². The minimum Gasteiger partial charge on any atom is -0.493 e. The Kier molecular flexibility index (Phi) is 4.10. The second-order valence-corrected chi connectivity index (χ2v) is 2.92. The molecular formula is C12H11NO3. The molecule has 0 bridgehead atoms. The first-order valence-corrected chi connectivity index (χ1v) is 4.54. The molecule has 0 amide bonds. The van der Waals surface area contributed by atoms with Crippen LogP contribution in [0.15, 0.2) is 18.2 Å². The Morgan fingerprint density at radius 1 is 1.19 bits per heavy atom. The maximum Gasteiger partial charge on any atom is 0.161 e. The number of hydrogen-bond donors (Lipinski definition) is 0. The van der Waals surface area contributed by atoms with E-state index in [1.807, 2.05) is 6.07 Å². The first-order valence-electron chi connectivity index (χ1n) is 4.54. The van der Waals surface area contributed by atoms with Gasteiger partial charge in [-0.05, 0) is 23.8 Å². The molecule has 4 nitrogen and oxygen atoms in total. The number of allylic oxidation sites excluding steroid dienone is 1. The smallest absolute Gasteiger partial charge is 0.161 e. The van der Waals surface area contributed by atoms with Gasteiger partial charge in [0.05, 0.1) is 20.3 Å². The van der Waals surface area contributed by atoms with Crippen molar-refractivity contribution < 1.29 is 14.3 Å². The summed E-state index contributed by atoms with van der Waals surface area (Å²) >= 11 is 0. The summed E-state index contributed by atoms with van der Waals surface area (Å²) in [6, 6.07) is 5.09. The highest BCUT2D eigenvalue weighted by molar-refractivity contribution is 5.84. The fourth-order valence-corrected chi connectivity index (χ4v) is 1.28. The number of nitriles is 1. The van der Waals surface area contributed by atoms with Crippen LogP contribution in [0.3, 0.4) is 0 Å². The maximum atomic E-state index is 10.8. The Labute approximate surface area is 93.7 Å². The van der Waals surface area contributed by atoms with Crippen LogP contribution < -0.4 is 9.47 Å². The van der Waals surface area contributed by atoms with Crippen LogP contribution in [0.4, 0.5) is 0 Å². The molecule has 0 N–H and O–H groups in total. The largest absolute Gasteiger partial charge is 0.493 e. The van der Waals surface area contributed by atoms with Gasteiger partial charge >= 0.3 is 0 Å². The zero-order valence-corrected chi connectivity index (χ0v) is 9.06. The van der Waals surface area contributed by atoms with E-state index in [1.54, 1.807) is 18.2 Å². The lowest BCUT2D eigenvalue weighted by molar-refractivity contribution is 0.112. The third kappa shape index (κ3) is 2.39. The van der Waals surface area contributed by atoms with E-state index in [2.05, 4.69) is 0 Å². The van der Waals surface area contributed by atoms with E-state index in [-0.39, 0.29) is 0 Å². The molecule has 0 aromatic heterocycles. The highest BCUT2D eigenvalue weighted by atomic mass is 16.5. The topological polar surface area (TPSA) is 59.3 Å². The number of aldehydes is 1. The van der Waals surface area contributed by atoms with Gasteiger partial charge in [0.1, 0.15) is 0 Å². The number of carbonyl (C=O) groups is 1. The van der Waals surface area contributed by atoms with Crippen LogP contribution in [-0.2, 0) is 0 Å². The quantitative estimate of drug-likeness (QED) is 0.572. The van der Waals surface area contributed by atoms with Crippen LogP contribution in [0.5, 0.6) is 11.5 Å². The van der Waals surface area contributed by atoms with Crippen LogP contribution >= 0.6 is 0 Å². The Morgan fingerprint density at radius 2 is 1.75 bits per heavy atom. The zero-order valence-electron chi connectivity index (χ0n) is 9.06. The highest BCUT2D eigenvalue weighted by Gasteiger charge is 2.08. The molecule has 0 aliphatic carbocycles. The Bertz CT molecular complexity index is 458. The van der Waals surface area contributed by atoms with E-state index in [1.165, 1.54) is 20.3 Å². The molecule has 0 unspecified atom stereocenters. The van der Waals surface area contributed by atoms with E-state index < -0.39 is 0 Å². The summed E-state index contributed by atoms with van der Waals surface area (Å²) in [5.74, 6) is 1.00. The number of hydrogen-bond acceptors (Lipinski definition) is 4. The molecule has 0 saturated carbocycles. The molecule has 0 radical (unpaired) electrons. The summed E-state index contributed by atoms with van der Waals surface area (Å²) in [7, 11) is 3.01. The van der Waals surface area contributed by atoms with E-state index >= 15 is 0 Å². The molecule has 1 aromatic carbocycles. The molecule has 0 saturated heterocycles.